The van der Waals surface area contributed by atoms with E-state index < -0.39 is 24.6 Å². The summed E-state index contributed by atoms with van der Waals surface area (Å²) in [6.45, 7) is 1.75. The number of urea groups is 1. The maximum Gasteiger partial charge on any atom is 0.350 e. The second-order valence-corrected chi connectivity index (χ2v) is 7.62. The lowest BCUT2D eigenvalue weighted by molar-refractivity contribution is -0.830. The summed E-state index contributed by atoms with van der Waals surface area (Å²) >= 11 is 0. The number of furan rings is 1. The van der Waals surface area contributed by atoms with Gasteiger partial charge in [0.15, 0.2) is 12.4 Å². The molecule has 0 unspecified atom stereocenters. The number of hydrogen-bond acceptors (Lipinski definition) is 9. The Labute approximate surface area is 195 Å². The van der Waals surface area contributed by atoms with Gasteiger partial charge in [0, 0.05) is 30.8 Å². The molecule has 12 heteroatoms. The molecule has 2 aliphatic rings. The Morgan fingerprint density at radius 2 is 1.91 bits per heavy atom. The van der Waals surface area contributed by atoms with Crippen molar-refractivity contribution >= 4 is 29.8 Å². The highest BCUT2D eigenvalue weighted by Crippen LogP contribution is 2.22. The van der Waals surface area contributed by atoms with Gasteiger partial charge >= 0.3 is 12.0 Å². The van der Waals surface area contributed by atoms with Crippen LogP contribution in [0.5, 0.6) is 0 Å². The molecule has 0 saturated carbocycles. The normalized spacial score (nSPS) is 17.2. The van der Waals surface area contributed by atoms with Crippen LogP contribution < -0.4 is 5.48 Å². The average molecular weight is 472 g/mol. The highest BCUT2D eigenvalue weighted by Gasteiger charge is 2.37. The number of esters is 1. The first-order valence-corrected chi connectivity index (χ1v) is 10.7. The first kappa shape index (κ1) is 23.6. The second-order valence-electron chi connectivity index (χ2n) is 7.62. The van der Waals surface area contributed by atoms with Crippen LogP contribution in [0.15, 0.2) is 45.9 Å². The molecule has 0 bridgehead atoms. The van der Waals surface area contributed by atoms with Crippen LogP contribution in [0.1, 0.15) is 5.76 Å². The van der Waals surface area contributed by atoms with E-state index in [4.69, 9.17) is 18.7 Å². The molecular formula is C22H26N5O7+. The number of carbonyl (C=O) groups is 3. The van der Waals surface area contributed by atoms with E-state index in [9.17, 15) is 14.4 Å². The number of morpholine rings is 1. The Morgan fingerprint density at radius 1 is 1.15 bits per heavy atom. The Morgan fingerprint density at radius 3 is 2.65 bits per heavy atom. The van der Waals surface area contributed by atoms with Gasteiger partial charge in [0.2, 0.25) is 0 Å². The molecule has 12 nitrogen and oxygen atoms in total. The molecule has 2 aliphatic heterocycles. The monoisotopic (exact) mass is 472 g/mol. The molecule has 3 amide bonds. The summed E-state index contributed by atoms with van der Waals surface area (Å²) in [7, 11) is 1.59. The number of amides is 3. The van der Waals surface area contributed by atoms with Crippen LogP contribution in [-0.4, -0.2) is 92.2 Å². The van der Waals surface area contributed by atoms with Gasteiger partial charge in [-0.25, -0.2) is 19.5 Å². The lowest BCUT2D eigenvalue weighted by Gasteiger charge is -2.25. The van der Waals surface area contributed by atoms with E-state index in [1.54, 1.807) is 24.7 Å². The maximum absolute atomic E-state index is 12.5. The van der Waals surface area contributed by atoms with Crippen molar-refractivity contribution in [2.75, 3.05) is 53.2 Å². The number of hydrogen-bond donors (Lipinski definition) is 1. The van der Waals surface area contributed by atoms with Gasteiger partial charge in [-0.3, -0.25) is 14.5 Å². The van der Waals surface area contributed by atoms with Crippen molar-refractivity contribution in [3.63, 3.8) is 0 Å². The number of benzene rings is 1. The van der Waals surface area contributed by atoms with Gasteiger partial charge < -0.3 is 13.9 Å². The van der Waals surface area contributed by atoms with Gasteiger partial charge in [0.05, 0.1) is 33.1 Å². The number of nitrogens with zero attached hydrogens (tertiary/aromatic N) is 4. The molecule has 0 spiro atoms. The number of imide groups is 1. The van der Waals surface area contributed by atoms with Crippen LogP contribution in [0.4, 0.5) is 10.5 Å². The summed E-state index contributed by atoms with van der Waals surface area (Å²) in [5.74, 6) is 0.0244. The molecule has 1 aromatic heterocycles. The molecule has 1 aromatic carbocycles. The number of rotatable bonds is 9. The third-order valence-corrected chi connectivity index (χ3v) is 5.25. The largest absolute Gasteiger partial charge is 0.455 e. The summed E-state index contributed by atoms with van der Waals surface area (Å²) in [5, 5.41) is 5.06. The third-order valence-electron chi connectivity index (χ3n) is 5.25. The van der Waals surface area contributed by atoms with Crippen LogP contribution in [0.3, 0.4) is 0 Å². The van der Waals surface area contributed by atoms with E-state index in [-0.39, 0.29) is 13.1 Å². The maximum atomic E-state index is 12.5. The number of nitrogens with two attached hydrogens (primary N) is 1. The number of hydrazone groups is 1. The predicted octanol–water partition coefficient (Wildman–Crippen LogP) is 0.134. The highest BCUT2D eigenvalue weighted by molar-refractivity contribution is 6.02. The molecule has 2 saturated heterocycles. The van der Waals surface area contributed by atoms with Crippen LogP contribution in [-0.2, 0) is 23.9 Å². The minimum atomic E-state index is -0.669. The summed E-state index contributed by atoms with van der Waals surface area (Å²) in [4.78, 5) is 44.5. The fourth-order valence-corrected chi connectivity index (χ4v) is 3.43. The Kier molecular flexibility index (Phi) is 7.65. The topological polar surface area (TPSA) is 131 Å². The van der Waals surface area contributed by atoms with Gasteiger partial charge in [-0.2, -0.15) is 10.6 Å². The van der Waals surface area contributed by atoms with Crippen molar-refractivity contribution in [2.45, 2.75) is 0 Å². The smallest absolute Gasteiger partial charge is 0.350 e. The fourth-order valence-electron chi connectivity index (χ4n) is 3.43. The van der Waals surface area contributed by atoms with E-state index in [2.05, 4.69) is 5.10 Å². The number of quaternary nitrogens is 1. The van der Waals surface area contributed by atoms with Crippen molar-refractivity contribution in [2.24, 2.45) is 5.10 Å². The minimum absolute atomic E-state index is 0.0790. The Hall–Kier alpha value is -3.58. The quantitative estimate of drug-likeness (QED) is 0.179. The number of ether oxygens (including phenoxy) is 2. The van der Waals surface area contributed by atoms with Crippen molar-refractivity contribution in [1.82, 2.24) is 14.8 Å². The second kappa shape index (κ2) is 11.0. The third kappa shape index (κ3) is 5.85. The zero-order chi connectivity index (χ0) is 23.9. The summed E-state index contributed by atoms with van der Waals surface area (Å²) in [6, 6.07) is 10.4. The molecule has 0 aliphatic carbocycles. The molecule has 2 N–H and O–H groups in total. The van der Waals surface area contributed by atoms with E-state index in [1.807, 2.05) is 29.2 Å². The summed E-state index contributed by atoms with van der Waals surface area (Å²) in [5.41, 5.74) is 3.42. The molecule has 0 radical (unpaired) electrons. The van der Waals surface area contributed by atoms with Gasteiger partial charge in [0.1, 0.15) is 18.1 Å². The van der Waals surface area contributed by atoms with E-state index >= 15 is 0 Å². The van der Waals surface area contributed by atoms with Gasteiger partial charge in [0.25, 0.3) is 5.91 Å². The molecule has 2 fully saturated rings. The van der Waals surface area contributed by atoms with Gasteiger partial charge in [-0.1, -0.05) is 0 Å². The zero-order valence-corrected chi connectivity index (χ0v) is 18.7. The highest BCUT2D eigenvalue weighted by atomic mass is 16.6. The van der Waals surface area contributed by atoms with E-state index in [0.717, 1.165) is 21.2 Å². The van der Waals surface area contributed by atoms with Gasteiger partial charge in [-0.05, 0) is 24.3 Å². The number of carbonyl (C=O) groups excluding carboxylic acids is 3. The lowest BCUT2D eigenvalue weighted by atomic mass is 10.1. The minimum Gasteiger partial charge on any atom is -0.455 e. The van der Waals surface area contributed by atoms with Crippen LogP contribution in [0.25, 0.3) is 11.3 Å². The molecule has 3 heterocycles. The zero-order valence-electron chi connectivity index (χ0n) is 18.7. The standard InChI is InChI=1S/C22H25N5O7/c1-31-24-17-4-2-16(3-5-17)19-7-6-18(34-19)12-23-27-13-20(28)26(22(27)30)15-33-21(29)14-25-8-10-32-11-9-25/h2-7,12,24H,8-11,13-15H2,1H3/p+1/b23-12+. The molecule has 180 valence electrons. The molecule has 4 rings (SSSR count). The molecular weight excluding hydrogens is 446 g/mol. The predicted molar refractivity (Wildman–Crippen MR) is 117 cm³/mol. The molecule has 0 atom stereocenters. The Balaban J connectivity index is 1.29. The van der Waals surface area contributed by atoms with Crippen LogP contribution >= 0.6 is 0 Å². The first-order valence-electron chi connectivity index (χ1n) is 10.7. The molecule has 34 heavy (non-hydrogen) atoms. The lowest BCUT2D eigenvalue weighted by Crippen LogP contribution is -2.75. The Bertz CT molecular complexity index is 1050. The van der Waals surface area contributed by atoms with E-state index in [0.29, 0.717) is 37.8 Å². The van der Waals surface area contributed by atoms with E-state index in [1.165, 1.54) is 6.21 Å². The van der Waals surface area contributed by atoms with Crippen LogP contribution in [0.2, 0.25) is 0 Å². The van der Waals surface area contributed by atoms with Crippen molar-refractivity contribution in [3.05, 3.63) is 42.2 Å². The van der Waals surface area contributed by atoms with Crippen molar-refractivity contribution < 1.29 is 38.6 Å². The first-order chi connectivity index (χ1) is 16.5. The van der Waals surface area contributed by atoms with Gasteiger partial charge in [-0.15, -0.1) is 0 Å². The summed E-state index contributed by atoms with van der Waals surface area (Å²) < 4.78 is 16.1. The fraction of sp³-hybridized carbons (Fsp3) is 0.364. The average Bonchev–Trinajstić information content (AvgIpc) is 3.42. The summed E-state index contributed by atoms with van der Waals surface area (Å²) in [6.07, 6.45) is 1.36. The molecule has 2 aromatic rings. The van der Waals surface area contributed by atoms with Crippen LogP contribution in [0, 0.1) is 0 Å². The van der Waals surface area contributed by atoms with Crippen molar-refractivity contribution in [3.8, 4) is 11.3 Å². The van der Waals surface area contributed by atoms with Crippen molar-refractivity contribution in [1.29, 1.82) is 0 Å². The SMILES string of the molecule is CO[NH2+]c1ccc(-c2ccc(/C=N/N3CC(=O)N(COC(=O)CN4CCOCC4)C3=O)o2)cc1.